The van der Waals surface area contributed by atoms with Crippen molar-refractivity contribution in [1.82, 2.24) is 10.3 Å². The van der Waals surface area contributed by atoms with Crippen molar-refractivity contribution in [3.8, 4) is 0 Å². The minimum absolute atomic E-state index is 0.0126. The van der Waals surface area contributed by atoms with E-state index in [-0.39, 0.29) is 5.91 Å². The number of carbonyl (C=O) groups is 1. The normalized spacial score (nSPS) is 45.2. The Morgan fingerprint density at radius 2 is 1.93 bits per heavy atom. The summed E-state index contributed by atoms with van der Waals surface area (Å²) in [6.45, 7) is 5.38. The van der Waals surface area contributed by atoms with Crippen LogP contribution in [0.1, 0.15) is 82.0 Å². The number of pyridine rings is 1. The van der Waals surface area contributed by atoms with Crippen LogP contribution >= 0.6 is 0 Å². The van der Waals surface area contributed by atoms with Crippen molar-refractivity contribution in [2.24, 2.45) is 40.9 Å². The van der Waals surface area contributed by atoms with E-state index >= 15 is 0 Å². The minimum Gasteiger partial charge on any atom is -0.390 e. The number of nitrogens with one attached hydrogen (secondary N) is 1. The molecule has 0 bridgehead atoms. The zero-order valence-electron chi connectivity index (χ0n) is 18.6. The summed E-state index contributed by atoms with van der Waals surface area (Å²) in [5.74, 6) is 4.76. The van der Waals surface area contributed by atoms with Crippen molar-refractivity contribution in [3.63, 3.8) is 0 Å². The first kappa shape index (κ1) is 20.5. The Morgan fingerprint density at radius 3 is 2.73 bits per heavy atom. The van der Waals surface area contributed by atoms with Gasteiger partial charge in [-0.1, -0.05) is 6.92 Å². The van der Waals surface area contributed by atoms with Gasteiger partial charge in [-0.2, -0.15) is 0 Å². The molecule has 4 nitrogen and oxygen atoms in total. The van der Waals surface area contributed by atoms with Crippen LogP contribution in [-0.2, 0) is 0 Å². The van der Waals surface area contributed by atoms with Crippen molar-refractivity contribution in [3.05, 3.63) is 30.1 Å². The molecule has 1 heterocycles. The molecule has 0 aromatic carbocycles. The lowest BCUT2D eigenvalue weighted by Gasteiger charge is -2.57. The molecule has 0 spiro atoms. The lowest BCUT2D eigenvalue weighted by Crippen LogP contribution is -2.51. The van der Waals surface area contributed by atoms with Crippen molar-refractivity contribution < 1.29 is 9.90 Å². The second-order valence-electron chi connectivity index (χ2n) is 11.4. The highest BCUT2D eigenvalue weighted by molar-refractivity contribution is 5.93. The Hall–Kier alpha value is -1.42. The van der Waals surface area contributed by atoms with Gasteiger partial charge in [-0.3, -0.25) is 9.78 Å². The van der Waals surface area contributed by atoms with Crippen LogP contribution < -0.4 is 5.32 Å². The van der Waals surface area contributed by atoms with Gasteiger partial charge in [-0.25, -0.2) is 0 Å². The maximum Gasteiger partial charge on any atom is 0.252 e. The molecular formula is C26H38N2O2. The maximum absolute atomic E-state index is 12.5. The summed E-state index contributed by atoms with van der Waals surface area (Å²) in [4.78, 5) is 16.6. The number of hydrogen-bond donors (Lipinski definition) is 2. The number of fused-ring (bicyclic) bond motifs is 5. The van der Waals surface area contributed by atoms with E-state index in [1.807, 2.05) is 12.1 Å². The zero-order valence-corrected chi connectivity index (χ0v) is 18.6. The first-order valence-corrected chi connectivity index (χ1v) is 12.3. The van der Waals surface area contributed by atoms with Gasteiger partial charge in [0, 0.05) is 18.9 Å². The SMILES string of the molecule is C[C@@]1(O)CC[C@H]2[C@H](CC[C@@H]3[C@@H]2CC[C@]2(C)[C@@H](CNC(=O)c4cccnc4)CC[C@@H]32)C1. The first-order valence-electron chi connectivity index (χ1n) is 12.3. The lowest BCUT2D eigenvalue weighted by atomic mass is 9.49. The Kier molecular flexibility index (Phi) is 5.20. The van der Waals surface area contributed by atoms with Gasteiger partial charge in [0.2, 0.25) is 0 Å². The monoisotopic (exact) mass is 410 g/mol. The van der Waals surface area contributed by atoms with Crippen molar-refractivity contribution >= 4 is 5.91 Å². The van der Waals surface area contributed by atoms with Crippen LogP contribution in [0.2, 0.25) is 0 Å². The van der Waals surface area contributed by atoms with Crippen LogP contribution in [0.15, 0.2) is 24.5 Å². The third kappa shape index (κ3) is 3.49. The largest absolute Gasteiger partial charge is 0.390 e. The fraction of sp³-hybridized carbons (Fsp3) is 0.769. The predicted octanol–water partition coefficient (Wildman–Crippen LogP) is 4.83. The third-order valence-corrected chi connectivity index (χ3v) is 9.87. The second-order valence-corrected chi connectivity index (χ2v) is 11.4. The van der Waals surface area contributed by atoms with Crippen LogP contribution in [-0.4, -0.2) is 28.1 Å². The highest BCUT2D eigenvalue weighted by atomic mass is 16.3. The first-order chi connectivity index (χ1) is 14.4. The molecule has 5 rings (SSSR count). The molecule has 1 aromatic rings. The average Bonchev–Trinajstić information content (AvgIpc) is 3.08. The third-order valence-electron chi connectivity index (χ3n) is 9.87. The van der Waals surface area contributed by atoms with Crippen molar-refractivity contribution in [2.45, 2.75) is 77.2 Å². The molecule has 0 aliphatic heterocycles. The van der Waals surface area contributed by atoms with E-state index in [4.69, 9.17) is 0 Å². The van der Waals surface area contributed by atoms with Crippen LogP contribution in [0.4, 0.5) is 0 Å². The molecule has 1 amide bonds. The summed E-state index contributed by atoms with van der Waals surface area (Å²) in [5.41, 5.74) is 0.603. The van der Waals surface area contributed by atoms with E-state index in [0.717, 1.165) is 49.0 Å². The molecule has 2 N–H and O–H groups in total. The molecule has 4 fully saturated rings. The number of aromatic nitrogens is 1. The average molecular weight is 411 g/mol. The van der Waals surface area contributed by atoms with E-state index < -0.39 is 5.60 Å². The molecule has 30 heavy (non-hydrogen) atoms. The summed E-state index contributed by atoms with van der Waals surface area (Å²) in [6.07, 6.45) is 14.5. The molecule has 4 aliphatic rings. The molecular weight excluding hydrogens is 372 g/mol. The molecule has 4 heteroatoms. The molecule has 0 radical (unpaired) electrons. The Balaban J connectivity index is 1.25. The maximum atomic E-state index is 12.5. The highest BCUT2D eigenvalue weighted by Crippen LogP contribution is 2.64. The quantitative estimate of drug-likeness (QED) is 0.750. The molecule has 0 saturated heterocycles. The summed E-state index contributed by atoms with van der Waals surface area (Å²) in [7, 11) is 0. The van der Waals surface area contributed by atoms with Gasteiger partial charge in [0.15, 0.2) is 0 Å². The van der Waals surface area contributed by atoms with Crippen molar-refractivity contribution in [2.75, 3.05) is 6.54 Å². The Labute approximate surface area is 181 Å². The van der Waals surface area contributed by atoms with Crippen LogP contribution in [0.5, 0.6) is 0 Å². The second kappa shape index (κ2) is 7.62. The predicted molar refractivity (Wildman–Crippen MR) is 118 cm³/mol. The lowest BCUT2D eigenvalue weighted by molar-refractivity contribution is -0.0993. The van der Waals surface area contributed by atoms with E-state index in [9.17, 15) is 9.90 Å². The number of amides is 1. The van der Waals surface area contributed by atoms with Crippen LogP contribution in [0, 0.1) is 40.9 Å². The van der Waals surface area contributed by atoms with Gasteiger partial charge in [-0.15, -0.1) is 0 Å². The molecule has 4 aliphatic carbocycles. The summed E-state index contributed by atoms with van der Waals surface area (Å²) < 4.78 is 0. The standard InChI is InChI=1S/C26H38N2O2/c1-25(30)11-9-20-17(14-25)5-7-22-21(20)10-12-26(2)19(6-8-23(22)26)16-28-24(29)18-4-3-13-27-15-18/h3-4,13,15,17,19-23,30H,5-12,14,16H2,1-2H3,(H,28,29)/t17-,19-,20+,21-,22-,23+,25-,26-/m1/s1. The fourth-order valence-corrected chi connectivity index (χ4v) is 8.34. The number of hydrogen-bond acceptors (Lipinski definition) is 3. The summed E-state index contributed by atoms with van der Waals surface area (Å²) in [6, 6.07) is 3.66. The Morgan fingerprint density at radius 1 is 1.10 bits per heavy atom. The van der Waals surface area contributed by atoms with Gasteiger partial charge in [0.05, 0.1) is 11.2 Å². The topological polar surface area (TPSA) is 62.2 Å². The summed E-state index contributed by atoms with van der Waals surface area (Å²) >= 11 is 0. The zero-order chi connectivity index (χ0) is 20.9. The van der Waals surface area contributed by atoms with Gasteiger partial charge >= 0.3 is 0 Å². The van der Waals surface area contributed by atoms with Gasteiger partial charge < -0.3 is 10.4 Å². The number of nitrogens with zero attached hydrogens (tertiary/aromatic N) is 1. The highest BCUT2D eigenvalue weighted by Gasteiger charge is 2.57. The number of rotatable bonds is 3. The Bertz CT molecular complexity index is 778. The smallest absolute Gasteiger partial charge is 0.252 e. The number of carbonyl (C=O) groups excluding carboxylic acids is 1. The number of aliphatic hydroxyl groups is 1. The van der Waals surface area contributed by atoms with Crippen LogP contribution in [0.3, 0.4) is 0 Å². The van der Waals surface area contributed by atoms with E-state index in [2.05, 4.69) is 24.1 Å². The van der Waals surface area contributed by atoms with E-state index in [1.165, 1.54) is 44.9 Å². The van der Waals surface area contributed by atoms with E-state index in [1.54, 1.807) is 12.4 Å². The van der Waals surface area contributed by atoms with E-state index in [0.29, 0.717) is 16.9 Å². The molecule has 1 aromatic heterocycles. The molecule has 164 valence electrons. The van der Waals surface area contributed by atoms with Crippen molar-refractivity contribution in [1.29, 1.82) is 0 Å². The van der Waals surface area contributed by atoms with Crippen LogP contribution in [0.25, 0.3) is 0 Å². The van der Waals surface area contributed by atoms with Gasteiger partial charge in [0.25, 0.3) is 5.91 Å². The fourth-order valence-electron chi connectivity index (χ4n) is 8.34. The van der Waals surface area contributed by atoms with Gasteiger partial charge in [-0.05, 0) is 118 Å². The molecule has 0 unspecified atom stereocenters. The minimum atomic E-state index is -0.428. The van der Waals surface area contributed by atoms with Gasteiger partial charge in [0.1, 0.15) is 0 Å². The summed E-state index contributed by atoms with van der Waals surface area (Å²) in [5, 5.41) is 13.8. The molecule has 8 atom stereocenters. The molecule has 4 saturated carbocycles.